The highest BCUT2D eigenvalue weighted by Crippen LogP contribution is 2.30. The van der Waals surface area contributed by atoms with Gasteiger partial charge < -0.3 is 5.73 Å². The highest BCUT2D eigenvalue weighted by Gasteiger charge is 2.30. The van der Waals surface area contributed by atoms with Crippen LogP contribution in [0.5, 0.6) is 0 Å². The molecule has 0 unspecified atom stereocenters. The van der Waals surface area contributed by atoms with Crippen LogP contribution in [0.15, 0.2) is 0 Å². The SMILES string of the molecule is CC[C@H]1C[C@@H]1N. The summed E-state index contributed by atoms with van der Waals surface area (Å²) < 4.78 is 0. The fourth-order valence-electron chi connectivity index (χ4n) is 0.740. The van der Waals surface area contributed by atoms with Gasteiger partial charge in [-0.15, -0.1) is 0 Å². The second-order valence-corrected chi connectivity index (χ2v) is 2.07. The predicted molar refractivity (Wildman–Crippen MR) is 26.4 cm³/mol. The Morgan fingerprint density at radius 2 is 2.33 bits per heavy atom. The maximum absolute atomic E-state index is 5.48. The lowest BCUT2D eigenvalue weighted by atomic mass is 10.3. The lowest BCUT2D eigenvalue weighted by Crippen LogP contribution is -2.00. The van der Waals surface area contributed by atoms with E-state index in [0.29, 0.717) is 6.04 Å². The summed E-state index contributed by atoms with van der Waals surface area (Å²) in [4.78, 5) is 0. The van der Waals surface area contributed by atoms with Crippen LogP contribution in [-0.2, 0) is 0 Å². The van der Waals surface area contributed by atoms with Gasteiger partial charge in [0.2, 0.25) is 0 Å². The van der Waals surface area contributed by atoms with Gasteiger partial charge in [0.1, 0.15) is 0 Å². The van der Waals surface area contributed by atoms with E-state index >= 15 is 0 Å². The fourth-order valence-corrected chi connectivity index (χ4v) is 0.740. The van der Waals surface area contributed by atoms with E-state index in [2.05, 4.69) is 6.92 Å². The minimum Gasteiger partial charge on any atom is -0.327 e. The number of hydrogen-bond acceptors (Lipinski definition) is 1. The zero-order valence-corrected chi connectivity index (χ0v) is 4.15. The molecule has 0 bridgehead atoms. The van der Waals surface area contributed by atoms with Gasteiger partial charge in [0.15, 0.2) is 0 Å². The quantitative estimate of drug-likeness (QED) is 0.499. The third-order valence-corrected chi connectivity index (χ3v) is 1.50. The molecule has 0 amide bonds. The largest absolute Gasteiger partial charge is 0.327 e. The number of rotatable bonds is 1. The summed E-state index contributed by atoms with van der Waals surface area (Å²) in [5.74, 6) is 0.880. The molecule has 6 heavy (non-hydrogen) atoms. The minimum absolute atomic E-state index is 0.565. The standard InChI is InChI=1S/C5H11N/c1-2-4-3-5(4)6/h4-5H,2-3,6H2,1H3/t4-,5-/m0/s1. The van der Waals surface area contributed by atoms with Crippen LogP contribution in [0.4, 0.5) is 0 Å². The van der Waals surface area contributed by atoms with Crippen molar-refractivity contribution in [2.24, 2.45) is 11.7 Å². The maximum atomic E-state index is 5.48. The van der Waals surface area contributed by atoms with Gasteiger partial charge >= 0.3 is 0 Å². The molecule has 1 aliphatic rings. The molecule has 1 heteroatoms. The molecule has 2 N–H and O–H groups in total. The zero-order chi connectivity index (χ0) is 4.57. The molecular weight excluding hydrogens is 74.1 g/mol. The first kappa shape index (κ1) is 4.13. The monoisotopic (exact) mass is 85.1 g/mol. The summed E-state index contributed by atoms with van der Waals surface area (Å²) in [6.07, 6.45) is 2.55. The molecular formula is C5H11N. The summed E-state index contributed by atoms with van der Waals surface area (Å²) in [5.41, 5.74) is 5.48. The number of hydrogen-bond donors (Lipinski definition) is 1. The summed E-state index contributed by atoms with van der Waals surface area (Å²) in [6, 6.07) is 0.565. The molecule has 0 spiro atoms. The molecule has 0 aromatic heterocycles. The summed E-state index contributed by atoms with van der Waals surface area (Å²) in [5, 5.41) is 0. The van der Waals surface area contributed by atoms with Crippen LogP contribution < -0.4 is 5.73 Å². The van der Waals surface area contributed by atoms with Crippen molar-refractivity contribution in [1.29, 1.82) is 0 Å². The first-order chi connectivity index (χ1) is 2.84. The van der Waals surface area contributed by atoms with Gasteiger partial charge in [-0.1, -0.05) is 13.3 Å². The van der Waals surface area contributed by atoms with E-state index in [0.717, 1.165) is 5.92 Å². The van der Waals surface area contributed by atoms with Gasteiger partial charge in [0, 0.05) is 6.04 Å². The summed E-state index contributed by atoms with van der Waals surface area (Å²) in [6.45, 7) is 2.19. The highest BCUT2D eigenvalue weighted by molar-refractivity contribution is 4.88. The molecule has 0 aliphatic heterocycles. The van der Waals surface area contributed by atoms with Gasteiger partial charge in [0.05, 0.1) is 0 Å². The molecule has 0 radical (unpaired) electrons. The normalized spacial score (nSPS) is 43.0. The van der Waals surface area contributed by atoms with Crippen molar-refractivity contribution >= 4 is 0 Å². The number of nitrogens with two attached hydrogens (primary N) is 1. The lowest BCUT2D eigenvalue weighted by Gasteiger charge is -1.79. The first-order valence-corrected chi connectivity index (χ1v) is 2.60. The van der Waals surface area contributed by atoms with Crippen molar-refractivity contribution in [2.45, 2.75) is 25.8 Å². The molecule has 0 aromatic rings. The van der Waals surface area contributed by atoms with E-state index < -0.39 is 0 Å². The van der Waals surface area contributed by atoms with Gasteiger partial charge in [-0.3, -0.25) is 0 Å². The Bertz CT molecular complexity index is 49.9. The summed E-state index contributed by atoms with van der Waals surface area (Å²) in [7, 11) is 0. The molecule has 1 aliphatic carbocycles. The topological polar surface area (TPSA) is 26.0 Å². The summed E-state index contributed by atoms with van der Waals surface area (Å²) >= 11 is 0. The average molecular weight is 85.2 g/mol. The third kappa shape index (κ3) is 0.548. The van der Waals surface area contributed by atoms with Gasteiger partial charge in [-0.2, -0.15) is 0 Å². The van der Waals surface area contributed by atoms with Crippen molar-refractivity contribution < 1.29 is 0 Å². The van der Waals surface area contributed by atoms with E-state index in [1.807, 2.05) is 0 Å². The molecule has 1 fully saturated rings. The Hall–Kier alpha value is -0.0400. The van der Waals surface area contributed by atoms with Crippen LogP contribution in [-0.4, -0.2) is 6.04 Å². The molecule has 0 aromatic carbocycles. The van der Waals surface area contributed by atoms with Crippen molar-refractivity contribution in [2.75, 3.05) is 0 Å². The van der Waals surface area contributed by atoms with Crippen LogP contribution in [0.25, 0.3) is 0 Å². The highest BCUT2D eigenvalue weighted by atomic mass is 14.7. The first-order valence-electron chi connectivity index (χ1n) is 2.60. The Kier molecular flexibility index (Phi) is 0.845. The zero-order valence-electron chi connectivity index (χ0n) is 4.15. The smallest absolute Gasteiger partial charge is 0.00708 e. The van der Waals surface area contributed by atoms with E-state index in [1.165, 1.54) is 12.8 Å². The van der Waals surface area contributed by atoms with E-state index in [9.17, 15) is 0 Å². The van der Waals surface area contributed by atoms with Crippen molar-refractivity contribution in [3.63, 3.8) is 0 Å². The average Bonchev–Trinajstić information content (AvgIpc) is 2.19. The molecule has 2 atom stereocenters. The fraction of sp³-hybridized carbons (Fsp3) is 1.00. The maximum Gasteiger partial charge on any atom is 0.00708 e. The van der Waals surface area contributed by atoms with Crippen molar-refractivity contribution in [1.82, 2.24) is 0 Å². The van der Waals surface area contributed by atoms with Gasteiger partial charge in [0.25, 0.3) is 0 Å². The molecule has 0 heterocycles. The third-order valence-electron chi connectivity index (χ3n) is 1.50. The van der Waals surface area contributed by atoms with Crippen LogP contribution in [0.3, 0.4) is 0 Å². The second-order valence-electron chi connectivity index (χ2n) is 2.07. The van der Waals surface area contributed by atoms with E-state index in [1.54, 1.807) is 0 Å². The van der Waals surface area contributed by atoms with E-state index in [-0.39, 0.29) is 0 Å². The molecule has 1 rings (SSSR count). The van der Waals surface area contributed by atoms with Crippen LogP contribution in [0.2, 0.25) is 0 Å². The van der Waals surface area contributed by atoms with Gasteiger partial charge in [-0.25, -0.2) is 0 Å². The molecule has 1 nitrogen and oxygen atoms in total. The minimum atomic E-state index is 0.565. The lowest BCUT2D eigenvalue weighted by molar-refractivity contribution is 0.759. The predicted octanol–water partition coefficient (Wildman–Crippen LogP) is 0.744. The Balaban J connectivity index is 2.09. The van der Waals surface area contributed by atoms with Gasteiger partial charge in [-0.05, 0) is 12.3 Å². The molecule has 0 saturated heterocycles. The molecule has 36 valence electrons. The Morgan fingerprint density at radius 1 is 1.83 bits per heavy atom. The van der Waals surface area contributed by atoms with Crippen LogP contribution in [0, 0.1) is 5.92 Å². The Labute approximate surface area is 38.5 Å². The van der Waals surface area contributed by atoms with Crippen LogP contribution >= 0.6 is 0 Å². The molecule has 1 saturated carbocycles. The second kappa shape index (κ2) is 1.23. The van der Waals surface area contributed by atoms with E-state index in [4.69, 9.17) is 5.73 Å². The Morgan fingerprint density at radius 3 is 2.33 bits per heavy atom. The van der Waals surface area contributed by atoms with Crippen molar-refractivity contribution in [3.05, 3.63) is 0 Å². The van der Waals surface area contributed by atoms with Crippen LogP contribution in [0.1, 0.15) is 19.8 Å². The van der Waals surface area contributed by atoms with Crippen molar-refractivity contribution in [3.8, 4) is 0 Å².